The van der Waals surface area contributed by atoms with Gasteiger partial charge in [-0.1, -0.05) is 47.6 Å². The molecule has 2 heterocycles. The van der Waals surface area contributed by atoms with E-state index in [9.17, 15) is 24.4 Å². The van der Waals surface area contributed by atoms with Crippen molar-refractivity contribution in [2.45, 2.75) is 16.7 Å². The highest BCUT2D eigenvalue weighted by molar-refractivity contribution is 8.00. The second kappa shape index (κ2) is 12.9. The first kappa shape index (κ1) is 29.5. The second-order valence-corrected chi connectivity index (χ2v) is 10.9. The zero-order valence-electron chi connectivity index (χ0n) is 22.7. The lowest BCUT2D eigenvalue weighted by atomic mass is 10.1. The van der Waals surface area contributed by atoms with Gasteiger partial charge in [-0.15, -0.1) is 0 Å². The molecule has 43 heavy (non-hydrogen) atoms. The number of pyridine rings is 1. The zero-order valence-corrected chi connectivity index (χ0v) is 24.2. The van der Waals surface area contributed by atoms with E-state index in [-0.39, 0.29) is 33.8 Å². The molecule has 1 unspecified atom stereocenters. The van der Waals surface area contributed by atoms with E-state index in [4.69, 9.17) is 21.1 Å². The molecule has 1 atom stereocenters. The van der Waals surface area contributed by atoms with Crippen molar-refractivity contribution in [1.82, 2.24) is 4.98 Å². The van der Waals surface area contributed by atoms with Gasteiger partial charge in [0.05, 0.1) is 39.9 Å². The van der Waals surface area contributed by atoms with Gasteiger partial charge >= 0.3 is 5.97 Å². The molecule has 1 saturated heterocycles. The Labute approximate surface area is 256 Å². The summed E-state index contributed by atoms with van der Waals surface area (Å²) < 4.78 is 10.4. The molecule has 9 nitrogen and oxygen atoms in total. The molecule has 0 aliphatic carbocycles. The molecule has 0 spiro atoms. The maximum Gasteiger partial charge on any atom is 0.338 e. The smallest absolute Gasteiger partial charge is 0.338 e. The molecule has 3 aromatic carbocycles. The van der Waals surface area contributed by atoms with Gasteiger partial charge in [0.15, 0.2) is 6.61 Å². The van der Waals surface area contributed by atoms with E-state index in [1.807, 2.05) is 18.2 Å². The number of nitrogens with zero attached hydrogens (tertiary/aromatic N) is 3. The van der Waals surface area contributed by atoms with Gasteiger partial charge in [0, 0.05) is 17.5 Å². The number of carbonyl (C=O) groups excluding carboxylic acids is 4. The Kier molecular flexibility index (Phi) is 8.85. The molecule has 1 aliphatic rings. The normalized spacial score (nSPS) is 14.3. The van der Waals surface area contributed by atoms with E-state index in [1.165, 1.54) is 30.3 Å². The number of nitriles is 1. The van der Waals surface area contributed by atoms with Crippen LogP contribution in [0.1, 0.15) is 32.7 Å². The molecule has 214 valence electrons. The van der Waals surface area contributed by atoms with E-state index < -0.39 is 35.4 Å². The minimum Gasteiger partial charge on any atom is -0.497 e. The molecule has 0 N–H and O–H groups in total. The summed E-state index contributed by atoms with van der Waals surface area (Å²) in [6, 6.07) is 24.9. The lowest BCUT2D eigenvalue weighted by Crippen LogP contribution is -2.31. The molecule has 2 amide bonds. The number of benzene rings is 3. The number of hydrogen-bond donors (Lipinski definition) is 0. The highest BCUT2D eigenvalue weighted by Crippen LogP contribution is 2.36. The third-order valence-corrected chi connectivity index (χ3v) is 8.09. The monoisotopic (exact) mass is 611 g/mol. The summed E-state index contributed by atoms with van der Waals surface area (Å²) in [7, 11) is 1.56. The van der Waals surface area contributed by atoms with Crippen LogP contribution >= 0.6 is 23.4 Å². The molecule has 0 bridgehead atoms. The predicted molar refractivity (Wildman–Crippen MR) is 160 cm³/mol. The van der Waals surface area contributed by atoms with Crippen LogP contribution in [0.2, 0.25) is 5.02 Å². The summed E-state index contributed by atoms with van der Waals surface area (Å²) in [6.45, 7) is -0.496. The Hall–Kier alpha value is -4.98. The van der Waals surface area contributed by atoms with Crippen molar-refractivity contribution in [3.05, 3.63) is 107 Å². The summed E-state index contributed by atoms with van der Waals surface area (Å²) in [5.41, 5.74) is 2.30. The molecular formula is C32H22ClN3O6S. The van der Waals surface area contributed by atoms with Crippen LogP contribution < -0.4 is 9.64 Å². The number of rotatable bonds is 9. The Morgan fingerprint density at radius 1 is 1.05 bits per heavy atom. The number of anilines is 1. The Bertz CT molecular complexity index is 1790. The maximum atomic E-state index is 13.3. The van der Waals surface area contributed by atoms with E-state index in [1.54, 1.807) is 43.5 Å². The number of ether oxygens (including phenoxy) is 2. The summed E-state index contributed by atoms with van der Waals surface area (Å²) in [4.78, 5) is 56.8. The van der Waals surface area contributed by atoms with E-state index >= 15 is 0 Å². The summed E-state index contributed by atoms with van der Waals surface area (Å²) in [5.74, 6) is -1.44. The predicted octanol–water partition coefficient (Wildman–Crippen LogP) is 5.75. The highest BCUT2D eigenvalue weighted by Gasteiger charge is 2.41. The second-order valence-electron chi connectivity index (χ2n) is 9.30. The van der Waals surface area contributed by atoms with E-state index in [0.717, 1.165) is 22.2 Å². The number of halogens is 1. The molecule has 0 saturated carbocycles. The minimum absolute atomic E-state index is 0.0899. The first-order valence-electron chi connectivity index (χ1n) is 12.9. The van der Waals surface area contributed by atoms with Crippen molar-refractivity contribution in [3.8, 4) is 23.1 Å². The molecule has 11 heteroatoms. The fourth-order valence-electron chi connectivity index (χ4n) is 4.39. The van der Waals surface area contributed by atoms with Crippen LogP contribution in [0.25, 0.3) is 11.3 Å². The lowest BCUT2D eigenvalue weighted by molar-refractivity contribution is -0.121. The van der Waals surface area contributed by atoms with Crippen LogP contribution in [-0.4, -0.2) is 47.5 Å². The largest absolute Gasteiger partial charge is 0.497 e. The van der Waals surface area contributed by atoms with Crippen LogP contribution in [0.15, 0.2) is 90.0 Å². The van der Waals surface area contributed by atoms with Crippen molar-refractivity contribution < 1.29 is 28.7 Å². The number of carbonyl (C=O) groups is 4. The van der Waals surface area contributed by atoms with E-state index in [2.05, 4.69) is 11.1 Å². The van der Waals surface area contributed by atoms with Crippen LogP contribution in [-0.2, 0) is 14.3 Å². The number of aromatic nitrogens is 1. The number of imide groups is 1. The van der Waals surface area contributed by atoms with Gasteiger partial charge in [0.25, 0.3) is 0 Å². The standard InChI is InChI=1S/C32H22ClN3O6S/c1-41-23-6-4-5-20(15-23)26-14-11-21(17-34)30(35-26)43-28-16-29(38)36(31(28)39)22-12-9-19(10-13-22)32(40)42-18-27(37)24-7-2-3-8-25(24)33/h2-15,28H,16,18H2,1H3. The van der Waals surface area contributed by atoms with Crippen molar-refractivity contribution in [3.63, 3.8) is 0 Å². The number of ketones is 1. The Morgan fingerprint density at radius 2 is 1.81 bits per heavy atom. The number of thioether (sulfide) groups is 1. The average molecular weight is 612 g/mol. The topological polar surface area (TPSA) is 127 Å². The van der Waals surface area contributed by atoms with Crippen molar-refractivity contribution in [2.24, 2.45) is 0 Å². The number of methoxy groups -OCH3 is 1. The number of hydrogen-bond acceptors (Lipinski definition) is 9. The Morgan fingerprint density at radius 3 is 2.53 bits per heavy atom. The summed E-state index contributed by atoms with van der Waals surface area (Å²) in [6.07, 6.45) is -0.0899. The first-order chi connectivity index (χ1) is 20.8. The zero-order chi connectivity index (χ0) is 30.5. The average Bonchev–Trinajstić information content (AvgIpc) is 3.31. The van der Waals surface area contributed by atoms with Gasteiger partial charge in [-0.2, -0.15) is 5.26 Å². The van der Waals surface area contributed by atoms with Crippen LogP contribution in [0.5, 0.6) is 5.75 Å². The van der Waals surface area contributed by atoms with E-state index in [0.29, 0.717) is 16.5 Å². The molecule has 0 radical (unpaired) electrons. The van der Waals surface area contributed by atoms with Gasteiger partial charge in [-0.05, 0) is 60.7 Å². The lowest BCUT2D eigenvalue weighted by Gasteiger charge is -2.15. The molecule has 1 aromatic heterocycles. The van der Waals surface area contributed by atoms with Gasteiger partial charge in [-0.25, -0.2) is 14.7 Å². The van der Waals surface area contributed by atoms with Crippen LogP contribution in [0.3, 0.4) is 0 Å². The molecule has 5 rings (SSSR count). The van der Waals surface area contributed by atoms with Crippen LogP contribution in [0.4, 0.5) is 5.69 Å². The van der Waals surface area contributed by atoms with Crippen molar-refractivity contribution in [1.29, 1.82) is 5.26 Å². The molecule has 1 fully saturated rings. The maximum absolute atomic E-state index is 13.3. The Balaban J connectivity index is 1.27. The van der Waals surface area contributed by atoms with Gasteiger partial charge in [0.2, 0.25) is 17.6 Å². The number of Topliss-reactive ketones (excluding diaryl/α,β-unsaturated/α-hetero) is 1. The number of amides is 2. The third-order valence-electron chi connectivity index (χ3n) is 6.58. The molecule has 1 aliphatic heterocycles. The van der Waals surface area contributed by atoms with Crippen molar-refractivity contribution >= 4 is 52.6 Å². The van der Waals surface area contributed by atoms with Gasteiger partial charge < -0.3 is 9.47 Å². The summed E-state index contributed by atoms with van der Waals surface area (Å²) >= 11 is 7.08. The quantitative estimate of drug-likeness (QED) is 0.132. The minimum atomic E-state index is -0.798. The number of esters is 1. The highest BCUT2D eigenvalue weighted by atomic mass is 35.5. The first-order valence-corrected chi connectivity index (χ1v) is 14.2. The SMILES string of the molecule is COc1cccc(-c2ccc(C#N)c(SC3CC(=O)N(c4ccc(C(=O)OCC(=O)c5ccccc5Cl)cc4)C3=O)n2)c1. The molecule has 4 aromatic rings. The van der Waals surface area contributed by atoms with Crippen molar-refractivity contribution in [2.75, 3.05) is 18.6 Å². The fraction of sp³-hybridized carbons (Fsp3) is 0.125. The third kappa shape index (κ3) is 6.43. The van der Waals surface area contributed by atoms with Gasteiger partial charge in [-0.3, -0.25) is 14.4 Å². The van der Waals surface area contributed by atoms with Crippen LogP contribution in [0, 0.1) is 11.3 Å². The summed E-state index contributed by atoms with van der Waals surface area (Å²) in [5, 5.41) is 9.44. The van der Waals surface area contributed by atoms with Gasteiger partial charge in [0.1, 0.15) is 16.8 Å². The fourth-order valence-corrected chi connectivity index (χ4v) is 5.72. The molecular weight excluding hydrogens is 590 g/mol.